The first-order valence-electron chi connectivity index (χ1n) is 6.58. The van der Waals surface area contributed by atoms with Crippen molar-refractivity contribution in [3.05, 3.63) is 29.8 Å². The molecule has 1 heterocycles. The topological polar surface area (TPSA) is 53.3 Å². The van der Waals surface area contributed by atoms with E-state index in [2.05, 4.69) is 11.0 Å². The third kappa shape index (κ3) is 3.05. The number of hydrogen-bond acceptors (Lipinski definition) is 4. The molecule has 4 heteroatoms. The standard InChI is InChI=1S/C15H18N2O2/c1-19-15(18)12-5-4-7-14(11-12)17-10-3-2-6-13(17)8-9-16/h4-5,7,11,13H,2-3,6,8,10H2,1H3. The van der Waals surface area contributed by atoms with E-state index in [1.54, 1.807) is 6.07 Å². The number of benzene rings is 1. The van der Waals surface area contributed by atoms with Crippen LogP contribution in [0.4, 0.5) is 5.69 Å². The number of esters is 1. The normalized spacial score (nSPS) is 18.7. The van der Waals surface area contributed by atoms with Crippen molar-refractivity contribution in [1.29, 1.82) is 5.26 Å². The van der Waals surface area contributed by atoms with E-state index in [4.69, 9.17) is 10.00 Å². The van der Waals surface area contributed by atoms with Crippen LogP contribution in [0.1, 0.15) is 36.0 Å². The number of hydrogen-bond donors (Lipinski definition) is 0. The average molecular weight is 258 g/mol. The zero-order valence-corrected chi connectivity index (χ0v) is 11.1. The maximum absolute atomic E-state index is 11.6. The minimum atomic E-state index is -0.323. The molecule has 1 fully saturated rings. The Labute approximate surface area is 113 Å². The summed E-state index contributed by atoms with van der Waals surface area (Å²) in [5.74, 6) is -0.323. The molecule has 1 aromatic rings. The molecule has 0 aliphatic carbocycles. The molecule has 0 N–H and O–H groups in total. The Morgan fingerprint density at radius 2 is 2.37 bits per heavy atom. The molecule has 1 aliphatic rings. The highest BCUT2D eigenvalue weighted by molar-refractivity contribution is 5.90. The van der Waals surface area contributed by atoms with Gasteiger partial charge in [-0.05, 0) is 37.5 Å². The Bertz CT molecular complexity index is 493. The number of methoxy groups -OCH3 is 1. The van der Waals surface area contributed by atoms with E-state index in [-0.39, 0.29) is 12.0 Å². The Morgan fingerprint density at radius 1 is 1.53 bits per heavy atom. The van der Waals surface area contributed by atoms with Gasteiger partial charge in [0.1, 0.15) is 0 Å². The number of anilines is 1. The third-order valence-corrected chi connectivity index (χ3v) is 3.55. The van der Waals surface area contributed by atoms with Gasteiger partial charge in [-0.1, -0.05) is 6.07 Å². The number of ether oxygens (including phenoxy) is 1. The van der Waals surface area contributed by atoms with Crippen LogP contribution in [0.3, 0.4) is 0 Å². The van der Waals surface area contributed by atoms with Crippen molar-refractivity contribution in [3.8, 4) is 6.07 Å². The summed E-state index contributed by atoms with van der Waals surface area (Å²) in [4.78, 5) is 13.8. The fourth-order valence-electron chi connectivity index (χ4n) is 2.59. The Hall–Kier alpha value is -2.02. The average Bonchev–Trinajstić information content (AvgIpc) is 2.47. The zero-order chi connectivity index (χ0) is 13.7. The minimum absolute atomic E-state index is 0.256. The van der Waals surface area contributed by atoms with Crippen molar-refractivity contribution in [2.75, 3.05) is 18.6 Å². The van der Waals surface area contributed by atoms with E-state index in [1.807, 2.05) is 18.2 Å². The summed E-state index contributed by atoms with van der Waals surface area (Å²) in [6.45, 7) is 0.941. The fraction of sp³-hybridized carbons (Fsp3) is 0.467. The quantitative estimate of drug-likeness (QED) is 0.782. The monoisotopic (exact) mass is 258 g/mol. The van der Waals surface area contributed by atoms with E-state index >= 15 is 0 Å². The van der Waals surface area contributed by atoms with Gasteiger partial charge in [0.15, 0.2) is 0 Å². The zero-order valence-electron chi connectivity index (χ0n) is 11.1. The highest BCUT2D eigenvalue weighted by Gasteiger charge is 2.23. The fourth-order valence-corrected chi connectivity index (χ4v) is 2.59. The highest BCUT2D eigenvalue weighted by Crippen LogP contribution is 2.27. The molecule has 0 bridgehead atoms. The predicted molar refractivity (Wildman–Crippen MR) is 73.0 cm³/mol. The van der Waals surface area contributed by atoms with Crippen LogP contribution in [-0.2, 0) is 4.74 Å². The molecular formula is C15H18N2O2. The summed E-state index contributed by atoms with van der Waals surface area (Å²) in [7, 11) is 1.38. The Balaban J connectivity index is 2.24. The second-order valence-corrected chi connectivity index (χ2v) is 4.75. The SMILES string of the molecule is COC(=O)c1cccc(N2CCCCC2CC#N)c1. The Morgan fingerprint density at radius 3 is 3.11 bits per heavy atom. The first kappa shape index (κ1) is 13.4. The number of nitriles is 1. The first-order valence-corrected chi connectivity index (χ1v) is 6.58. The predicted octanol–water partition coefficient (Wildman–Crippen LogP) is 2.75. The van der Waals surface area contributed by atoms with Gasteiger partial charge in [-0.2, -0.15) is 5.26 Å². The van der Waals surface area contributed by atoms with E-state index < -0.39 is 0 Å². The summed E-state index contributed by atoms with van der Waals surface area (Å²) in [6.07, 6.45) is 3.86. The summed E-state index contributed by atoms with van der Waals surface area (Å²) in [5, 5.41) is 8.91. The van der Waals surface area contributed by atoms with Gasteiger partial charge < -0.3 is 9.64 Å². The molecular weight excluding hydrogens is 240 g/mol. The van der Waals surface area contributed by atoms with Crippen LogP contribution in [0, 0.1) is 11.3 Å². The van der Waals surface area contributed by atoms with Crippen LogP contribution in [0.25, 0.3) is 0 Å². The van der Waals surface area contributed by atoms with Crippen LogP contribution in [0.2, 0.25) is 0 Å². The van der Waals surface area contributed by atoms with Gasteiger partial charge in [-0.25, -0.2) is 4.79 Å². The second-order valence-electron chi connectivity index (χ2n) is 4.75. The number of nitrogens with zero attached hydrogens (tertiary/aromatic N) is 2. The number of piperidine rings is 1. The lowest BCUT2D eigenvalue weighted by Gasteiger charge is -2.36. The summed E-state index contributed by atoms with van der Waals surface area (Å²) >= 11 is 0. The summed E-state index contributed by atoms with van der Waals surface area (Å²) < 4.78 is 4.74. The molecule has 0 amide bonds. The van der Waals surface area contributed by atoms with Gasteiger partial charge in [0.2, 0.25) is 0 Å². The second kappa shape index (κ2) is 6.24. The van der Waals surface area contributed by atoms with Gasteiger partial charge in [0, 0.05) is 18.3 Å². The van der Waals surface area contributed by atoms with E-state index in [9.17, 15) is 4.79 Å². The van der Waals surface area contributed by atoms with Crippen LogP contribution < -0.4 is 4.90 Å². The summed E-state index contributed by atoms with van der Waals surface area (Å²) in [6, 6.07) is 9.95. The van der Waals surface area contributed by atoms with E-state index in [0.29, 0.717) is 12.0 Å². The third-order valence-electron chi connectivity index (χ3n) is 3.55. The van der Waals surface area contributed by atoms with Crippen molar-refractivity contribution >= 4 is 11.7 Å². The van der Waals surface area contributed by atoms with Crippen molar-refractivity contribution in [3.63, 3.8) is 0 Å². The van der Waals surface area contributed by atoms with Crippen LogP contribution in [0.15, 0.2) is 24.3 Å². The van der Waals surface area contributed by atoms with Gasteiger partial charge in [0.05, 0.1) is 25.2 Å². The van der Waals surface area contributed by atoms with Crippen molar-refractivity contribution < 1.29 is 9.53 Å². The van der Waals surface area contributed by atoms with Crippen LogP contribution >= 0.6 is 0 Å². The lowest BCUT2D eigenvalue weighted by molar-refractivity contribution is 0.0600. The number of carbonyl (C=O) groups is 1. The molecule has 0 spiro atoms. The Kier molecular flexibility index (Phi) is 4.40. The van der Waals surface area contributed by atoms with Gasteiger partial charge in [-0.3, -0.25) is 0 Å². The van der Waals surface area contributed by atoms with Gasteiger partial charge in [-0.15, -0.1) is 0 Å². The first-order chi connectivity index (χ1) is 9.26. The van der Waals surface area contributed by atoms with Crippen LogP contribution in [-0.4, -0.2) is 25.7 Å². The molecule has 0 saturated carbocycles. The smallest absolute Gasteiger partial charge is 0.337 e. The van der Waals surface area contributed by atoms with Crippen molar-refractivity contribution in [1.82, 2.24) is 0 Å². The van der Waals surface area contributed by atoms with E-state index in [0.717, 1.165) is 25.1 Å². The molecule has 1 aliphatic heterocycles. The van der Waals surface area contributed by atoms with Gasteiger partial charge in [0.25, 0.3) is 0 Å². The maximum Gasteiger partial charge on any atom is 0.337 e. The largest absolute Gasteiger partial charge is 0.465 e. The molecule has 1 unspecified atom stereocenters. The molecule has 0 radical (unpaired) electrons. The lowest BCUT2D eigenvalue weighted by Crippen LogP contribution is -2.39. The van der Waals surface area contributed by atoms with Gasteiger partial charge >= 0.3 is 5.97 Å². The maximum atomic E-state index is 11.6. The molecule has 1 aromatic carbocycles. The minimum Gasteiger partial charge on any atom is -0.465 e. The van der Waals surface area contributed by atoms with Crippen molar-refractivity contribution in [2.24, 2.45) is 0 Å². The molecule has 2 rings (SSSR count). The molecule has 4 nitrogen and oxygen atoms in total. The van der Waals surface area contributed by atoms with Crippen LogP contribution in [0.5, 0.6) is 0 Å². The molecule has 1 saturated heterocycles. The molecule has 19 heavy (non-hydrogen) atoms. The highest BCUT2D eigenvalue weighted by atomic mass is 16.5. The molecule has 1 atom stereocenters. The molecule has 0 aromatic heterocycles. The van der Waals surface area contributed by atoms with Crippen molar-refractivity contribution in [2.45, 2.75) is 31.7 Å². The van der Waals surface area contributed by atoms with E-state index in [1.165, 1.54) is 13.5 Å². The summed E-state index contributed by atoms with van der Waals surface area (Å²) in [5.41, 5.74) is 1.56. The number of carbonyl (C=O) groups excluding carboxylic acids is 1. The number of rotatable bonds is 3. The lowest BCUT2D eigenvalue weighted by atomic mass is 9.98. The molecule has 100 valence electrons.